The fourth-order valence-corrected chi connectivity index (χ4v) is 0.391. The summed E-state index contributed by atoms with van der Waals surface area (Å²) in [6, 6.07) is 0. The summed E-state index contributed by atoms with van der Waals surface area (Å²) in [7, 11) is 0. The van der Waals surface area contributed by atoms with Gasteiger partial charge in [-0.2, -0.15) is 0 Å². The van der Waals surface area contributed by atoms with E-state index in [2.05, 4.69) is 0 Å². The summed E-state index contributed by atoms with van der Waals surface area (Å²) >= 11 is 0. The second kappa shape index (κ2) is 8.86. The monoisotopic (exact) mass is 166 g/mol. The maximum atomic E-state index is 9.79. The van der Waals surface area contributed by atoms with Gasteiger partial charge in [-0.15, -0.1) is 0 Å². The van der Waals surface area contributed by atoms with Crippen molar-refractivity contribution in [1.29, 1.82) is 0 Å². The third kappa shape index (κ3) is 17.7. The molecule has 0 aromatic rings. The van der Waals surface area contributed by atoms with E-state index >= 15 is 0 Å². The van der Waals surface area contributed by atoms with Crippen LogP contribution in [0.15, 0.2) is 0 Å². The van der Waals surface area contributed by atoms with Crippen molar-refractivity contribution in [3.05, 3.63) is 0 Å². The second-order valence-electron chi connectivity index (χ2n) is 1.64. The number of aliphatic carboxylic acids is 2. The van der Waals surface area contributed by atoms with Gasteiger partial charge in [-0.1, -0.05) is 0 Å². The Kier molecular flexibility index (Phi) is 10.1. The average Bonchev–Trinajstić information content (AvgIpc) is 1.90. The van der Waals surface area contributed by atoms with Crippen LogP contribution in [0.4, 0.5) is 0 Å². The molecule has 0 bridgehead atoms. The minimum atomic E-state index is -0.948. The van der Waals surface area contributed by atoms with Crippen LogP contribution in [0.5, 0.6) is 0 Å². The fraction of sp³-hybridized carbons (Fsp3) is 0.600. The predicted molar refractivity (Wildman–Crippen MR) is 34.4 cm³/mol. The van der Waals surface area contributed by atoms with E-state index in [-0.39, 0.29) is 19.3 Å². The molecule has 0 fully saturated rings. The molecule has 0 aromatic carbocycles. The largest absolute Gasteiger partial charge is 0.481 e. The molecule has 4 N–H and O–H groups in total. The van der Waals surface area contributed by atoms with E-state index in [1.54, 1.807) is 0 Å². The van der Waals surface area contributed by atoms with Crippen molar-refractivity contribution in [2.45, 2.75) is 19.3 Å². The Labute approximate surface area is 62.6 Å². The van der Waals surface area contributed by atoms with Gasteiger partial charge in [-0.3, -0.25) is 20.1 Å². The zero-order chi connectivity index (χ0) is 9.28. The lowest BCUT2D eigenvalue weighted by atomic mass is 10.2. The molecule has 0 aromatic heterocycles. The highest BCUT2D eigenvalue weighted by molar-refractivity contribution is 5.69. The smallest absolute Gasteiger partial charge is 0.303 e. The number of carboxylic acids is 2. The van der Waals surface area contributed by atoms with Crippen LogP contribution in [0.1, 0.15) is 19.3 Å². The first-order valence-corrected chi connectivity index (χ1v) is 2.76. The van der Waals surface area contributed by atoms with Gasteiger partial charge in [0.05, 0.1) is 0 Å². The topological polar surface area (TPSA) is 115 Å². The Hall–Kier alpha value is -1.14. The van der Waals surface area contributed by atoms with Gasteiger partial charge in [0.2, 0.25) is 0 Å². The molecule has 11 heavy (non-hydrogen) atoms. The van der Waals surface area contributed by atoms with Crippen molar-refractivity contribution >= 4 is 11.9 Å². The molecule has 6 heteroatoms. The lowest BCUT2D eigenvalue weighted by molar-refractivity contribution is -0.176. The van der Waals surface area contributed by atoms with E-state index in [9.17, 15) is 9.59 Å². The first-order valence-electron chi connectivity index (χ1n) is 2.76. The third-order valence-corrected chi connectivity index (χ3v) is 0.781. The van der Waals surface area contributed by atoms with E-state index in [1.165, 1.54) is 0 Å². The van der Waals surface area contributed by atoms with Crippen LogP contribution in [-0.2, 0) is 9.59 Å². The first kappa shape index (κ1) is 12.5. The van der Waals surface area contributed by atoms with Crippen molar-refractivity contribution in [3.63, 3.8) is 0 Å². The van der Waals surface area contributed by atoms with Crippen LogP contribution in [0.2, 0.25) is 0 Å². The maximum absolute atomic E-state index is 9.79. The highest BCUT2D eigenvalue weighted by Gasteiger charge is 1.99. The second-order valence-corrected chi connectivity index (χ2v) is 1.64. The lowest BCUT2D eigenvalue weighted by Crippen LogP contribution is -1.98. The number of carboxylic acid groups (broad SMARTS) is 2. The SMILES string of the molecule is O=C(O)CCCC(=O)O.OO. The van der Waals surface area contributed by atoms with E-state index in [0.717, 1.165) is 0 Å². The summed E-state index contributed by atoms with van der Waals surface area (Å²) in [6.45, 7) is 0. The molecular formula is C5H10O6. The van der Waals surface area contributed by atoms with Crippen molar-refractivity contribution in [1.82, 2.24) is 0 Å². The molecule has 6 nitrogen and oxygen atoms in total. The van der Waals surface area contributed by atoms with Gasteiger partial charge in [0.25, 0.3) is 0 Å². The van der Waals surface area contributed by atoms with Crippen LogP contribution in [0, 0.1) is 0 Å². The van der Waals surface area contributed by atoms with Gasteiger partial charge in [0.15, 0.2) is 0 Å². The van der Waals surface area contributed by atoms with Gasteiger partial charge in [-0.25, -0.2) is 0 Å². The maximum Gasteiger partial charge on any atom is 0.303 e. The van der Waals surface area contributed by atoms with Gasteiger partial charge >= 0.3 is 11.9 Å². The molecule has 0 spiro atoms. The van der Waals surface area contributed by atoms with Crippen molar-refractivity contribution in [2.24, 2.45) is 0 Å². The summed E-state index contributed by atoms with van der Waals surface area (Å²) in [5.41, 5.74) is 0. The summed E-state index contributed by atoms with van der Waals surface area (Å²) < 4.78 is 0. The molecule has 66 valence electrons. The minimum absolute atomic E-state index is 0.0632. The number of hydrogen-bond donors (Lipinski definition) is 4. The van der Waals surface area contributed by atoms with Crippen LogP contribution in [0.3, 0.4) is 0 Å². The van der Waals surface area contributed by atoms with Crippen molar-refractivity contribution < 1.29 is 30.3 Å². The summed E-state index contributed by atoms with van der Waals surface area (Å²) in [5.74, 6) is -1.90. The molecular weight excluding hydrogens is 156 g/mol. The Morgan fingerprint density at radius 2 is 1.18 bits per heavy atom. The highest BCUT2D eigenvalue weighted by atomic mass is 17.0. The summed E-state index contributed by atoms with van der Waals surface area (Å²) in [4.78, 5) is 19.6. The molecule has 0 atom stereocenters. The van der Waals surface area contributed by atoms with E-state index < -0.39 is 11.9 Å². The molecule has 0 aliphatic carbocycles. The third-order valence-electron chi connectivity index (χ3n) is 0.781. The molecule has 0 heterocycles. The number of carbonyl (C=O) groups is 2. The van der Waals surface area contributed by atoms with E-state index in [4.69, 9.17) is 20.7 Å². The zero-order valence-electron chi connectivity index (χ0n) is 5.73. The lowest BCUT2D eigenvalue weighted by Gasteiger charge is -1.89. The molecule has 0 radical (unpaired) electrons. The summed E-state index contributed by atoms with van der Waals surface area (Å²) in [6.07, 6.45) is 0.0866. The van der Waals surface area contributed by atoms with Crippen molar-refractivity contribution in [3.8, 4) is 0 Å². The Morgan fingerprint density at radius 1 is 0.909 bits per heavy atom. The Balaban J connectivity index is 0. The van der Waals surface area contributed by atoms with Gasteiger partial charge in [-0.05, 0) is 6.42 Å². The van der Waals surface area contributed by atoms with Crippen LogP contribution in [0.25, 0.3) is 0 Å². The Morgan fingerprint density at radius 3 is 1.36 bits per heavy atom. The van der Waals surface area contributed by atoms with Crippen LogP contribution < -0.4 is 0 Å². The quantitative estimate of drug-likeness (QED) is 0.353. The van der Waals surface area contributed by atoms with Crippen molar-refractivity contribution in [2.75, 3.05) is 0 Å². The molecule has 0 saturated heterocycles. The number of hydrogen-bond acceptors (Lipinski definition) is 4. The standard InChI is InChI=1S/C5H8O4.H2O2/c6-4(7)2-1-3-5(8)9;1-2/h1-3H2,(H,6,7)(H,8,9);1-2H. The molecule has 0 unspecified atom stereocenters. The van der Waals surface area contributed by atoms with Gasteiger partial charge < -0.3 is 10.2 Å². The molecule has 0 rings (SSSR count). The van der Waals surface area contributed by atoms with E-state index in [1.807, 2.05) is 0 Å². The van der Waals surface area contributed by atoms with E-state index in [0.29, 0.717) is 0 Å². The minimum Gasteiger partial charge on any atom is -0.481 e. The predicted octanol–water partition coefficient (Wildman–Crippen LogP) is 0.343. The van der Waals surface area contributed by atoms with Crippen LogP contribution in [-0.4, -0.2) is 32.7 Å². The molecule has 0 aliphatic heterocycles. The first-order chi connectivity index (χ1) is 5.13. The van der Waals surface area contributed by atoms with Crippen LogP contribution >= 0.6 is 0 Å². The zero-order valence-corrected chi connectivity index (χ0v) is 5.73. The van der Waals surface area contributed by atoms with Gasteiger partial charge in [0.1, 0.15) is 0 Å². The normalized spacial score (nSPS) is 7.82. The molecule has 0 aliphatic rings. The molecule has 0 saturated carbocycles. The fourth-order valence-electron chi connectivity index (χ4n) is 0.391. The van der Waals surface area contributed by atoms with Gasteiger partial charge in [0, 0.05) is 12.8 Å². The average molecular weight is 166 g/mol. The highest BCUT2D eigenvalue weighted by Crippen LogP contribution is 1.93. The number of rotatable bonds is 4. The molecule has 0 amide bonds. The summed E-state index contributed by atoms with van der Waals surface area (Å²) in [5, 5.41) is 28.1. The Bertz CT molecular complexity index is 106.